The van der Waals surface area contributed by atoms with Crippen molar-refractivity contribution in [3.05, 3.63) is 94.0 Å². The quantitative estimate of drug-likeness (QED) is 0.528. The minimum atomic E-state index is -1.13. The number of carboxylic acids is 1. The van der Waals surface area contributed by atoms with Gasteiger partial charge < -0.3 is 14.7 Å². The van der Waals surface area contributed by atoms with Gasteiger partial charge in [-0.25, -0.2) is 4.79 Å². The van der Waals surface area contributed by atoms with Crippen LogP contribution in [0.25, 0.3) is 11.1 Å². The predicted octanol–water partition coefficient (Wildman–Crippen LogP) is 5.43. The zero-order chi connectivity index (χ0) is 22.3. The Morgan fingerprint density at radius 3 is 2.28 bits per heavy atom. The Hall–Kier alpha value is -3.12. The van der Waals surface area contributed by atoms with E-state index in [0.717, 1.165) is 15.6 Å². The second kappa shape index (κ2) is 8.10. The van der Waals surface area contributed by atoms with Gasteiger partial charge in [-0.05, 0) is 46.4 Å². The molecular formula is C26H22BrNO4. The number of ether oxygens (including phenoxy) is 1. The van der Waals surface area contributed by atoms with E-state index in [1.807, 2.05) is 42.5 Å². The first kappa shape index (κ1) is 20.8. The van der Waals surface area contributed by atoms with Crippen molar-refractivity contribution in [3.63, 3.8) is 0 Å². The lowest BCUT2D eigenvalue weighted by Gasteiger charge is -2.25. The Kier molecular flexibility index (Phi) is 5.25. The van der Waals surface area contributed by atoms with Crippen molar-refractivity contribution < 1.29 is 19.4 Å². The number of halogens is 1. The number of hydrogen-bond acceptors (Lipinski definition) is 3. The largest absolute Gasteiger partial charge is 0.481 e. The molecule has 1 fully saturated rings. The summed E-state index contributed by atoms with van der Waals surface area (Å²) in [7, 11) is 0. The topological polar surface area (TPSA) is 66.8 Å². The summed E-state index contributed by atoms with van der Waals surface area (Å²) in [6.45, 7) is 0.658. The molecule has 1 amide bonds. The van der Waals surface area contributed by atoms with Gasteiger partial charge in [-0.3, -0.25) is 4.79 Å². The van der Waals surface area contributed by atoms with Crippen LogP contribution in [-0.2, 0) is 14.9 Å². The monoisotopic (exact) mass is 491 g/mol. The van der Waals surface area contributed by atoms with Crippen LogP contribution >= 0.6 is 15.9 Å². The maximum absolute atomic E-state index is 12.9. The maximum atomic E-state index is 12.9. The summed E-state index contributed by atoms with van der Waals surface area (Å²) in [5.41, 5.74) is 4.20. The minimum Gasteiger partial charge on any atom is -0.481 e. The highest BCUT2D eigenvalue weighted by atomic mass is 79.9. The molecule has 1 saturated heterocycles. The highest BCUT2D eigenvalue weighted by molar-refractivity contribution is 9.10. The van der Waals surface area contributed by atoms with Gasteiger partial charge in [-0.15, -0.1) is 0 Å². The van der Waals surface area contributed by atoms with E-state index < -0.39 is 17.5 Å². The van der Waals surface area contributed by atoms with Crippen LogP contribution < -0.4 is 0 Å². The number of carbonyl (C=O) groups is 2. The number of aliphatic carboxylic acids is 1. The molecule has 6 heteroatoms. The third-order valence-corrected chi connectivity index (χ3v) is 7.14. The zero-order valence-corrected chi connectivity index (χ0v) is 18.9. The first-order valence-corrected chi connectivity index (χ1v) is 11.4. The van der Waals surface area contributed by atoms with Crippen LogP contribution in [0.4, 0.5) is 4.79 Å². The average molecular weight is 492 g/mol. The van der Waals surface area contributed by atoms with Gasteiger partial charge >= 0.3 is 12.1 Å². The molecule has 0 saturated carbocycles. The number of fused-ring (bicyclic) bond motifs is 3. The summed E-state index contributed by atoms with van der Waals surface area (Å²) < 4.78 is 6.56. The smallest absolute Gasteiger partial charge is 0.409 e. The fourth-order valence-corrected chi connectivity index (χ4v) is 5.37. The Morgan fingerprint density at radius 1 is 1.00 bits per heavy atom. The first-order chi connectivity index (χ1) is 15.5. The molecule has 3 aromatic rings. The lowest BCUT2D eigenvalue weighted by molar-refractivity contribution is -0.143. The zero-order valence-electron chi connectivity index (χ0n) is 17.3. The van der Waals surface area contributed by atoms with Gasteiger partial charge in [-0.2, -0.15) is 0 Å². The molecule has 1 heterocycles. The number of benzene rings is 3. The van der Waals surface area contributed by atoms with Crippen molar-refractivity contribution in [2.24, 2.45) is 0 Å². The van der Waals surface area contributed by atoms with Crippen LogP contribution in [0.5, 0.6) is 0 Å². The van der Waals surface area contributed by atoms with Crippen LogP contribution in [0, 0.1) is 0 Å². The molecule has 0 bridgehead atoms. The van der Waals surface area contributed by atoms with Gasteiger partial charge in [0, 0.05) is 23.5 Å². The molecule has 32 heavy (non-hydrogen) atoms. The van der Waals surface area contributed by atoms with Crippen LogP contribution in [0.1, 0.15) is 29.0 Å². The van der Waals surface area contributed by atoms with Crippen molar-refractivity contribution in [1.29, 1.82) is 0 Å². The van der Waals surface area contributed by atoms with Crippen LogP contribution in [-0.4, -0.2) is 41.8 Å². The predicted molar refractivity (Wildman–Crippen MR) is 125 cm³/mol. The summed E-state index contributed by atoms with van der Waals surface area (Å²) in [6, 6.07) is 23.7. The van der Waals surface area contributed by atoms with Gasteiger partial charge in [0.05, 0.1) is 0 Å². The van der Waals surface area contributed by atoms with Gasteiger partial charge in [0.25, 0.3) is 0 Å². The summed E-state index contributed by atoms with van der Waals surface area (Å²) in [5, 5.41) is 10.0. The second-order valence-electron chi connectivity index (χ2n) is 8.37. The maximum Gasteiger partial charge on any atom is 0.409 e. The van der Waals surface area contributed by atoms with Crippen molar-refractivity contribution in [3.8, 4) is 11.1 Å². The standard InChI is InChI=1S/C26H22BrNO4/c27-18-7-5-6-17(14-18)26(24(29)30)12-13-28(16-26)25(31)32-15-23-21-10-3-1-8-19(21)20-9-2-4-11-22(20)23/h1-11,14,23H,12-13,15-16H2,(H,29,30). The molecule has 3 aromatic carbocycles. The molecule has 0 aromatic heterocycles. The van der Waals surface area contributed by atoms with E-state index in [4.69, 9.17) is 4.74 Å². The van der Waals surface area contributed by atoms with Crippen molar-refractivity contribution in [1.82, 2.24) is 4.90 Å². The van der Waals surface area contributed by atoms with Crippen LogP contribution in [0.2, 0.25) is 0 Å². The third-order valence-electron chi connectivity index (χ3n) is 6.65. The molecule has 2 aliphatic rings. The first-order valence-electron chi connectivity index (χ1n) is 10.6. The van der Waals surface area contributed by atoms with E-state index in [1.54, 1.807) is 6.07 Å². The van der Waals surface area contributed by atoms with Gasteiger partial charge in [-0.1, -0.05) is 76.6 Å². The minimum absolute atomic E-state index is 0.0248. The number of amides is 1. The fraction of sp³-hybridized carbons (Fsp3) is 0.231. The molecule has 0 spiro atoms. The summed E-state index contributed by atoms with van der Waals surface area (Å²) in [5.74, 6) is -0.951. The van der Waals surface area contributed by atoms with Crippen LogP contribution in [0.3, 0.4) is 0 Å². The SMILES string of the molecule is O=C(OCC1c2ccccc2-c2ccccc21)N1CCC(C(=O)O)(c2cccc(Br)c2)C1. The summed E-state index contributed by atoms with van der Waals surface area (Å²) >= 11 is 3.42. The molecule has 1 aliphatic heterocycles. The molecule has 1 atom stereocenters. The number of hydrogen-bond donors (Lipinski definition) is 1. The van der Waals surface area contributed by atoms with Crippen molar-refractivity contribution in [2.45, 2.75) is 17.8 Å². The second-order valence-corrected chi connectivity index (χ2v) is 9.29. The highest BCUT2D eigenvalue weighted by Crippen LogP contribution is 2.44. The van der Waals surface area contributed by atoms with E-state index in [1.165, 1.54) is 16.0 Å². The molecule has 5 nitrogen and oxygen atoms in total. The molecule has 1 aliphatic carbocycles. The third kappa shape index (κ3) is 3.39. The number of nitrogens with zero attached hydrogens (tertiary/aromatic N) is 1. The van der Waals surface area contributed by atoms with E-state index in [-0.39, 0.29) is 19.1 Å². The summed E-state index contributed by atoms with van der Waals surface area (Å²) in [6.07, 6.45) is -0.117. The van der Waals surface area contributed by atoms with Crippen molar-refractivity contribution in [2.75, 3.05) is 19.7 Å². The molecule has 162 valence electrons. The fourth-order valence-electron chi connectivity index (χ4n) is 4.97. The van der Waals surface area contributed by atoms with E-state index in [9.17, 15) is 14.7 Å². The van der Waals surface area contributed by atoms with E-state index in [2.05, 4.69) is 40.2 Å². The Morgan fingerprint density at radius 2 is 1.66 bits per heavy atom. The van der Waals surface area contributed by atoms with Gasteiger partial charge in [0.15, 0.2) is 0 Å². The van der Waals surface area contributed by atoms with E-state index >= 15 is 0 Å². The van der Waals surface area contributed by atoms with Gasteiger partial charge in [0.2, 0.25) is 0 Å². The molecule has 0 radical (unpaired) electrons. The number of likely N-dealkylation sites (tertiary alicyclic amines) is 1. The summed E-state index contributed by atoms with van der Waals surface area (Å²) in [4.78, 5) is 26.7. The normalized spacial score (nSPS) is 19.5. The molecular weight excluding hydrogens is 470 g/mol. The Labute approximate surface area is 194 Å². The van der Waals surface area contributed by atoms with Crippen molar-refractivity contribution >= 4 is 28.0 Å². The van der Waals surface area contributed by atoms with E-state index in [0.29, 0.717) is 18.5 Å². The number of rotatable bonds is 4. The molecule has 5 rings (SSSR count). The molecule has 1 unspecified atom stereocenters. The average Bonchev–Trinajstić information content (AvgIpc) is 3.39. The molecule has 1 N–H and O–H groups in total. The van der Waals surface area contributed by atoms with Gasteiger partial charge in [0.1, 0.15) is 12.0 Å². The lowest BCUT2D eigenvalue weighted by Crippen LogP contribution is -2.40. The van der Waals surface area contributed by atoms with Crippen LogP contribution in [0.15, 0.2) is 77.3 Å². The Bertz CT molecular complexity index is 1160. The number of carbonyl (C=O) groups excluding carboxylic acids is 1. The number of carboxylic acid groups (broad SMARTS) is 1. The lowest BCUT2D eigenvalue weighted by atomic mass is 9.80. The highest BCUT2D eigenvalue weighted by Gasteiger charge is 2.48. The Balaban J connectivity index is 1.33.